The zero-order valence-electron chi connectivity index (χ0n) is 22.8. The highest BCUT2D eigenvalue weighted by molar-refractivity contribution is 5.94. The lowest BCUT2D eigenvalue weighted by molar-refractivity contribution is -0.143. The van der Waals surface area contributed by atoms with Crippen LogP contribution in [0.25, 0.3) is 0 Å². The zero-order valence-corrected chi connectivity index (χ0v) is 22.8. The van der Waals surface area contributed by atoms with Crippen molar-refractivity contribution in [1.82, 2.24) is 20.0 Å². The third-order valence-corrected chi connectivity index (χ3v) is 7.40. The number of aromatic amines is 1. The Balaban J connectivity index is 1.29. The van der Waals surface area contributed by atoms with Crippen LogP contribution in [0.15, 0.2) is 42.5 Å². The molecule has 4 rings (SSSR count). The van der Waals surface area contributed by atoms with E-state index in [9.17, 15) is 14.4 Å². The standard InChI is InChI=1S/C30H40N4O4/c1-21(28(35)14-12-25-19-26(32-31-25)23-10-11-23)24-7-4-6-22(18-24)9-13-29(36)27-20-38-17-16-34(27)30(37)8-5-15-33(2)3/h4-8,18-19,21,23,27H,9-17,20H2,1-3H3,(H,31,32)/b8-5+. The SMILES string of the molecule is CC(C(=O)CCc1cc(C2CC2)n[nH]1)c1cccc(CCC(=O)C2COCCN2C(=O)/C=C/CN(C)C)c1. The highest BCUT2D eigenvalue weighted by Crippen LogP contribution is 2.39. The molecule has 2 unspecified atom stereocenters. The van der Waals surface area contributed by atoms with Crippen LogP contribution < -0.4 is 0 Å². The first-order valence-corrected chi connectivity index (χ1v) is 13.7. The van der Waals surface area contributed by atoms with E-state index in [1.807, 2.05) is 56.3 Å². The number of aryl methyl sites for hydroxylation is 2. The molecule has 8 nitrogen and oxygen atoms in total. The van der Waals surface area contributed by atoms with E-state index in [-0.39, 0.29) is 30.0 Å². The Kier molecular flexibility index (Phi) is 9.63. The Morgan fingerprint density at radius 1 is 1.18 bits per heavy atom. The lowest BCUT2D eigenvalue weighted by atomic mass is 9.91. The van der Waals surface area contributed by atoms with E-state index in [4.69, 9.17) is 4.74 Å². The number of benzene rings is 1. The lowest BCUT2D eigenvalue weighted by Gasteiger charge is -2.34. The van der Waals surface area contributed by atoms with Gasteiger partial charge in [0.05, 0.1) is 18.9 Å². The molecule has 2 aromatic rings. The van der Waals surface area contributed by atoms with Gasteiger partial charge in [-0.25, -0.2) is 0 Å². The predicted molar refractivity (Wildman–Crippen MR) is 146 cm³/mol. The third-order valence-electron chi connectivity index (χ3n) is 7.40. The molecule has 1 aliphatic carbocycles. The van der Waals surface area contributed by atoms with E-state index in [1.165, 1.54) is 12.8 Å². The Labute approximate surface area is 225 Å². The number of ketones is 2. The Bertz CT molecular complexity index is 1150. The number of H-pyrrole nitrogens is 1. The number of ether oxygens (including phenoxy) is 1. The summed E-state index contributed by atoms with van der Waals surface area (Å²) in [6, 6.07) is 9.48. The number of carbonyl (C=O) groups is 3. The maximum Gasteiger partial charge on any atom is 0.247 e. The number of hydrogen-bond donors (Lipinski definition) is 1. The fourth-order valence-electron chi connectivity index (χ4n) is 4.80. The maximum absolute atomic E-state index is 13.1. The van der Waals surface area contributed by atoms with Gasteiger partial charge in [-0.3, -0.25) is 19.5 Å². The molecule has 1 saturated heterocycles. The van der Waals surface area contributed by atoms with E-state index >= 15 is 0 Å². The summed E-state index contributed by atoms with van der Waals surface area (Å²) in [5.41, 5.74) is 4.12. The van der Waals surface area contributed by atoms with Crippen LogP contribution >= 0.6 is 0 Å². The van der Waals surface area contributed by atoms with E-state index < -0.39 is 6.04 Å². The molecule has 0 bridgehead atoms. The molecule has 0 spiro atoms. The second-order valence-electron chi connectivity index (χ2n) is 10.8. The van der Waals surface area contributed by atoms with E-state index in [0.29, 0.717) is 51.3 Å². The van der Waals surface area contributed by atoms with Crippen molar-refractivity contribution in [1.29, 1.82) is 0 Å². The van der Waals surface area contributed by atoms with Gasteiger partial charge in [0.15, 0.2) is 5.78 Å². The van der Waals surface area contributed by atoms with Crippen molar-refractivity contribution in [2.75, 3.05) is 40.4 Å². The van der Waals surface area contributed by atoms with Crippen molar-refractivity contribution in [2.45, 2.75) is 63.3 Å². The number of likely N-dealkylation sites (N-methyl/N-ethyl adjacent to an activating group) is 1. The van der Waals surface area contributed by atoms with Gasteiger partial charge in [0, 0.05) is 49.5 Å². The number of nitrogens with zero attached hydrogens (tertiary/aromatic N) is 3. The number of nitrogens with one attached hydrogen (secondary N) is 1. The van der Waals surface area contributed by atoms with Crippen LogP contribution in [0.2, 0.25) is 0 Å². The summed E-state index contributed by atoms with van der Waals surface area (Å²) in [4.78, 5) is 42.3. The first kappa shape index (κ1) is 27.9. The van der Waals surface area contributed by atoms with Crippen LogP contribution in [0, 0.1) is 0 Å². The van der Waals surface area contributed by atoms with Crippen molar-refractivity contribution in [3.8, 4) is 0 Å². The molecule has 1 aliphatic heterocycles. The summed E-state index contributed by atoms with van der Waals surface area (Å²) in [5, 5.41) is 7.45. The Morgan fingerprint density at radius 3 is 2.76 bits per heavy atom. The minimum absolute atomic E-state index is 0.00119. The summed E-state index contributed by atoms with van der Waals surface area (Å²) >= 11 is 0. The molecule has 1 aromatic heterocycles. The minimum atomic E-state index is -0.563. The van der Waals surface area contributed by atoms with Crippen molar-refractivity contribution in [2.24, 2.45) is 0 Å². The average molecular weight is 521 g/mol. The van der Waals surface area contributed by atoms with Gasteiger partial charge < -0.3 is 14.5 Å². The van der Waals surface area contributed by atoms with Gasteiger partial charge in [-0.05, 0) is 57.0 Å². The number of carbonyl (C=O) groups excluding carboxylic acids is 3. The molecule has 38 heavy (non-hydrogen) atoms. The molecule has 1 saturated carbocycles. The van der Waals surface area contributed by atoms with Crippen LogP contribution in [-0.4, -0.2) is 83.9 Å². The molecular weight excluding hydrogens is 480 g/mol. The van der Waals surface area contributed by atoms with Gasteiger partial charge in [-0.2, -0.15) is 5.10 Å². The molecule has 8 heteroatoms. The van der Waals surface area contributed by atoms with Crippen molar-refractivity contribution >= 4 is 17.5 Å². The largest absolute Gasteiger partial charge is 0.377 e. The monoisotopic (exact) mass is 520 g/mol. The van der Waals surface area contributed by atoms with Crippen molar-refractivity contribution in [3.05, 3.63) is 65.0 Å². The van der Waals surface area contributed by atoms with Crippen LogP contribution in [-0.2, 0) is 32.0 Å². The van der Waals surface area contributed by atoms with Gasteiger partial charge in [0.25, 0.3) is 0 Å². The van der Waals surface area contributed by atoms with Crippen LogP contribution in [0.4, 0.5) is 0 Å². The number of rotatable bonds is 13. The number of amides is 1. The first-order chi connectivity index (χ1) is 18.3. The maximum atomic E-state index is 13.1. The number of morpholine rings is 1. The lowest BCUT2D eigenvalue weighted by Crippen LogP contribution is -2.52. The zero-order chi connectivity index (χ0) is 27.1. The van der Waals surface area contributed by atoms with Crippen molar-refractivity contribution < 1.29 is 19.1 Å². The van der Waals surface area contributed by atoms with Crippen LogP contribution in [0.1, 0.15) is 67.0 Å². The third kappa shape index (κ3) is 7.71. The second kappa shape index (κ2) is 13.1. The normalized spacial score (nSPS) is 18.7. The Hall–Kier alpha value is -3.10. The molecule has 2 atom stereocenters. The molecule has 1 aromatic carbocycles. The predicted octanol–water partition coefficient (Wildman–Crippen LogP) is 3.44. The van der Waals surface area contributed by atoms with E-state index in [1.54, 1.807) is 11.0 Å². The van der Waals surface area contributed by atoms with Crippen molar-refractivity contribution in [3.63, 3.8) is 0 Å². The van der Waals surface area contributed by atoms with Gasteiger partial charge in [0.1, 0.15) is 11.8 Å². The number of Topliss-reactive ketones (excluding diaryl/α,β-unsaturated/α-hetero) is 2. The average Bonchev–Trinajstić information content (AvgIpc) is 3.67. The molecular formula is C30H40N4O4. The second-order valence-corrected chi connectivity index (χ2v) is 10.8. The number of aromatic nitrogens is 2. The summed E-state index contributed by atoms with van der Waals surface area (Å²) < 4.78 is 5.54. The highest BCUT2D eigenvalue weighted by atomic mass is 16.5. The van der Waals surface area contributed by atoms with Gasteiger partial charge >= 0.3 is 0 Å². The fraction of sp³-hybridized carbons (Fsp3) is 0.533. The molecule has 2 aliphatic rings. The van der Waals surface area contributed by atoms with Gasteiger partial charge in [0.2, 0.25) is 5.91 Å². The summed E-state index contributed by atoms with van der Waals surface area (Å²) in [5.74, 6) is 0.422. The fourth-order valence-corrected chi connectivity index (χ4v) is 4.80. The molecule has 1 N–H and O–H groups in total. The Morgan fingerprint density at radius 2 is 2.00 bits per heavy atom. The number of hydrogen-bond acceptors (Lipinski definition) is 6. The van der Waals surface area contributed by atoms with Crippen LogP contribution in [0.3, 0.4) is 0 Å². The van der Waals surface area contributed by atoms with Gasteiger partial charge in [-0.15, -0.1) is 0 Å². The summed E-state index contributed by atoms with van der Waals surface area (Å²) in [6.45, 7) is 3.69. The molecule has 1 amide bonds. The topological polar surface area (TPSA) is 95.6 Å². The van der Waals surface area contributed by atoms with Crippen LogP contribution in [0.5, 0.6) is 0 Å². The minimum Gasteiger partial charge on any atom is -0.377 e. The molecule has 2 heterocycles. The summed E-state index contributed by atoms with van der Waals surface area (Å²) in [7, 11) is 3.87. The molecule has 204 valence electrons. The molecule has 0 radical (unpaired) electrons. The first-order valence-electron chi connectivity index (χ1n) is 13.7. The van der Waals surface area contributed by atoms with E-state index in [0.717, 1.165) is 22.5 Å². The highest BCUT2D eigenvalue weighted by Gasteiger charge is 2.31. The summed E-state index contributed by atoms with van der Waals surface area (Å²) in [6.07, 6.45) is 7.78. The van der Waals surface area contributed by atoms with Gasteiger partial charge in [-0.1, -0.05) is 37.3 Å². The molecule has 2 fully saturated rings. The van der Waals surface area contributed by atoms with E-state index in [2.05, 4.69) is 16.3 Å². The quantitative estimate of drug-likeness (QED) is 0.407. The smallest absolute Gasteiger partial charge is 0.247 e.